The molecule has 0 aliphatic heterocycles. The van der Waals surface area contributed by atoms with E-state index in [1.165, 1.54) is 22.9 Å². The molecule has 1 heterocycles. The third-order valence-corrected chi connectivity index (χ3v) is 3.23. The molecule has 0 saturated carbocycles. The highest BCUT2D eigenvalue weighted by atomic mass is 19.1. The fourth-order valence-electron chi connectivity index (χ4n) is 1.83. The summed E-state index contributed by atoms with van der Waals surface area (Å²) in [5, 5.41) is 4.07. The number of benzene rings is 1. The van der Waals surface area contributed by atoms with Crippen molar-refractivity contribution in [2.24, 2.45) is 0 Å². The van der Waals surface area contributed by atoms with Crippen LogP contribution in [0.1, 0.15) is 12.5 Å². The van der Waals surface area contributed by atoms with E-state index in [1.807, 2.05) is 18.9 Å². The van der Waals surface area contributed by atoms with Crippen molar-refractivity contribution in [3.63, 3.8) is 0 Å². The Balaban J connectivity index is 2.33. The molecule has 6 heteroatoms. The zero-order valence-electron chi connectivity index (χ0n) is 11.5. The lowest BCUT2D eigenvalue weighted by Crippen LogP contribution is -2.26. The zero-order chi connectivity index (χ0) is 14.7. The Morgan fingerprint density at radius 2 is 2.20 bits per heavy atom. The summed E-state index contributed by atoms with van der Waals surface area (Å²) in [4.78, 5) is 13.9. The summed E-state index contributed by atoms with van der Waals surface area (Å²) in [6, 6.07) is 5.93. The van der Waals surface area contributed by atoms with Crippen molar-refractivity contribution in [3.05, 3.63) is 52.2 Å². The number of halogens is 1. The maximum Gasteiger partial charge on any atom is 0.269 e. The highest BCUT2D eigenvalue weighted by molar-refractivity contribution is 5.47. The Hall–Kier alpha value is -2.37. The third-order valence-electron chi connectivity index (χ3n) is 3.23. The molecule has 0 saturated heterocycles. The molecule has 2 N–H and O–H groups in total. The number of hydrogen-bond donors (Lipinski definition) is 1. The highest BCUT2D eigenvalue weighted by Gasteiger charge is 2.09. The fraction of sp³-hybridized carbons (Fsp3) is 0.286. The van der Waals surface area contributed by atoms with Crippen LogP contribution in [0.25, 0.3) is 0 Å². The summed E-state index contributed by atoms with van der Waals surface area (Å²) in [7, 11) is 1.87. The summed E-state index contributed by atoms with van der Waals surface area (Å²) < 4.78 is 14.9. The van der Waals surface area contributed by atoms with Crippen molar-refractivity contribution in [2.75, 3.05) is 24.2 Å². The predicted octanol–water partition coefficient (Wildman–Crippen LogP) is 1.47. The Bertz CT molecular complexity index is 648. The average Bonchev–Trinajstić information content (AvgIpc) is 2.43. The monoisotopic (exact) mass is 276 g/mol. The number of hydrogen-bond acceptors (Lipinski definition) is 4. The molecule has 0 radical (unpaired) electrons. The molecule has 0 amide bonds. The summed E-state index contributed by atoms with van der Waals surface area (Å²) in [6.45, 7) is 2.77. The first kappa shape index (κ1) is 14.0. The van der Waals surface area contributed by atoms with Crippen molar-refractivity contribution in [1.29, 1.82) is 0 Å². The Morgan fingerprint density at radius 3 is 2.80 bits per heavy atom. The van der Waals surface area contributed by atoms with E-state index in [1.54, 1.807) is 12.3 Å². The Labute approximate surface area is 116 Å². The first-order chi connectivity index (χ1) is 9.52. The normalized spacial score (nSPS) is 10.6. The molecule has 20 heavy (non-hydrogen) atoms. The van der Waals surface area contributed by atoms with E-state index in [0.717, 1.165) is 12.2 Å². The van der Waals surface area contributed by atoms with Crippen molar-refractivity contribution in [3.8, 4) is 0 Å². The second kappa shape index (κ2) is 5.73. The largest absolute Gasteiger partial charge is 0.398 e. The molecular weight excluding hydrogens is 259 g/mol. The number of rotatable bonds is 4. The molecule has 106 valence electrons. The van der Waals surface area contributed by atoms with E-state index < -0.39 is 5.82 Å². The zero-order valence-corrected chi connectivity index (χ0v) is 11.5. The molecule has 0 unspecified atom stereocenters. The summed E-state index contributed by atoms with van der Waals surface area (Å²) >= 11 is 0. The van der Waals surface area contributed by atoms with Gasteiger partial charge in [0, 0.05) is 30.9 Å². The van der Waals surface area contributed by atoms with E-state index >= 15 is 0 Å². The molecule has 0 atom stereocenters. The van der Waals surface area contributed by atoms with Gasteiger partial charge >= 0.3 is 0 Å². The van der Waals surface area contributed by atoms with E-state index in [-0.39, 0.29) is 17.7 Å². The molecular formula is C14H17FN4O. The second-order valence-electron chi connectivity index (χ2n) is 4.53. The molecule has 0 aliphatic rings. The summed E-state index contributed by atoms with van der Waals surface area (Å²) in [5.74, 6) is -0.437. The molecule has 5 nitrogen and oxygen atoms in total. The van der Waals surface area contributed by atoms with Gasteiger partial charge in [-0.3, -0.25) is 4.79 Å². The van der Waals surface area contributed by atoms with Crippen molar-refractivity contribution in [1.82, 2.24) is 9.78 Å². The van der Waals surface area contributed by atoms with Gasteiger partial charge in [0.25, 0.3) is 5.56 Å². The van der Waals surface area contributed by atoms with Gasteiger partial charge < -0.3 is 10.6 Å². The van der Waals surface area contributed by atoms with E-state index in [0.29, 0.717) is 5.69 Å². The van der Waals surface area contributed by atoms with Crippen molar-refractivity contribution in [2.45, 2.75) is 13.5 Å². The number of aromatic nitrogens is 2. The van der Waals surface area contributed by atoms with E-state index in [9.17, 15) is 9.18 Å². The molecule has 0 aliphatic carbocycles. The summed E-state index contributed by atoms with van der Waals surface area (Å²) in [5.41, 5.74) is 6.76. The quantitative estimate of drug-likeness (QED) is 0.859. The van der Waals surface area contributed by atoms with Crippen LogP contribution in [0.5, 0.6) is 0 Å². The first-order valence-electron chi connectivity index (χ1n) is 6.34. The van der Waals surface area contributed by atoms with E-state index in [2.05, 4.69) is 5.10 Å². The van der Waals surface area contributed by atoms with Gasteiger partial charge in [0.15, 0.2) is 0 Å². The van der Waals surface area contributed by atoms with Gasteiger partial charge in [0.05, 0.1) is 18.4 Å². The van der Waals surface area contributed by atoms with Crippen LogP contribution >= 0.6 is 0 Å². The number of anilines is 2. The second-order valence-corrected chi connectivity index (χ2v) is 4.53. The smallest absolute Gasteiger partial charge is 0.269 e. The predicted molar refractivity (Wildman–Crippen MR) is 77.4 cm³/mol. The minimum Gasteiger partial charge on any atom is -0.398 e. The van der Waals surface area contributed by atoms with Crippen molar-refractivity contribution < 1.29 is 4.39 Å². The lowest BCUT2D eigenvalue weighted by atomic mass is 10.1. The topological polar surface area (TPSA) is 64.2 Å². The maximum absolute atomic E-state index is 13.7. The molecule has 1 aromatic heterocycles. The van der Waals surface area contributed by atoms with Gasteiger partial charge in [0.1, 0.15) is 5.82 Å². The Kier molecular flexibility index (Phi) is 4.02. The van der Waals surface area contributed by atoms with Crippen LogP contribution in [0.4, 0.5) is 15.8 Å². The minimum absolute atomic E-state index is 0.0213. The van der Waals surface area contributed by atoms with Gasteiger partial charge in [-0.2, -0.15) is 5.10 Å². The number of nitrogens with two attached hydrogens (primary N) is 1. The average molecular weight is 276 g/mol. The van der Waals surface area contributed by atoms with Crippen LogP contribution < -0.4 is 16.2 Å². The fourth-order valence-corrected chi connectivity index (χ4v) is 1.83. The van der Waals surface area contributed by atoms with Crippen LogP contribution in [0.2, 0.25) is 0 Å². The highest BCUT2D eigenvalue weighted by Crippen LogP contribution is 2.16. The van der Waals surface area contributed by atoms with Gasteiger partial charge in [-0.1, -0.05) is 6.07 Å². The number of nitrogens with zero attached hydrogens (tertiary/aromatic N) is 3. The van der Waals surface area contributed by atoms with E-state index in [4.69, 9.17) is 5.73 Å². The van der Waals surface area contributed by atoms with Crippen molar-refractivity contribution >= 4 is 11.4 Å². The number of nitrogen functional groups attached to an aromatic ring is 1. The molecule has 0 bridgehead atoms. The van der Waals surface area contributed by atoms with Gasteiger partial charge in [0.2, 0.25) is 0 Å². The van der Waals surface area contributed by atoms with Gasteiger partial charge in [-0.15, -0.1) is 0 Å². The lowest BCUT2D eigenvalue weighted by molar-refractivity contribution is 0.573. The molecule has 1 aromatic carbocycles. The standard InChI is InChI=1S/C14H17FN4O/c1-3-18(2)10-7-14(20)19(17-8-10)9-11-12(15)5-4-6-13(11)16/h4-8H,3,9,16H2,1-2H3. The third kappa shape index (κ3) is 2.79. The van der Waals surface area contributed by atoms with Crippen LogP contribution in [-0.2, 0) is 6.54 Å². The van der Waals surface area contributed by atoms with Gasteiger partial charge in [-0.25, -0.2) is 9.07 Å². The Morgan fingerprint density at radius 1 is 1.45 bits per heavy atom. The summed E-state index contributed by atoms with van der Waals surface area (Å²) in [6.07, 6.45) is 1.59. The molecule has 2 rings (SSSR count). The first-order valence-corrected chi connectivity index (χ1v) is 6.34. The molecule has 0 spiro atoms. The van der Waals surface area contributed by atoms with Crippen LogP contribution in [-0.4, -0.2) is 23.4 Å². The van der Waals surface area contributed by atoms with Crippen LogP contribution in [0.15, 0.2) is 35.3 Å². The maximum atomic E-state index is 13.7. The molecule has 0 fully saturated rings. The molecule has 2 aromatic rings. The van der Waals surface area contributed by atoms with Crippen LogP contribution in [0.3, 0.4) is 0 Å². The lowest BCUT2D eigenvalue weighted by Gasteiger charge is -2.16. The van der Waals surface area contributed by atoms with Crippen LogP contribution in [0, 0.1) is 5.82 Å². The minimum atomic E-state index is -0.437. The van der Waals surface area contributed by atoms with Gasteiger partial charge in [-0.05, 0) is 19.1 Å². The SMILES string of the molecule is CCN(C)c1cnn(Cc2c(N)cccc2F)c(=O)c1.